The van der Waals surface area contributed by atoms with Crippen LogP contribution >= 0.6 is 0 Å². The SMILES string of the molecule is Cc1cc(F)ccc1Cn1cc(C(C)(C)N)nn1. The zero-order chi connectivity index (χ0) is 13.3. The zero-order valence-electron chi connectivity index (χ0n) is 10.8. The van der Waals surface area contributed by atoms with Crippen LogP contribution in [-0.2, 0) is 12.1 Å². The van der Waals surface area contributed by atoms with Gasteiger partial charge in [0.05, 0.1) is 18.3 Å². The van der Waals surface area contributed by atoms with E-state index >= 15 is 0 Å². The van der Waals surface area contributed by atoms with Gasteiger partial charge in [-0.2, -0.15) is 0 Å². The summed E-state index contributed by atoms with van der Waals surface area (Å²) in [5.41, 5.74) is 8.10. The van der Waals surface area contributed by atoms with Crippen LogP contribution in [0.3, 0.4) is 0 Å². The van der Waals surface area contributed by atoms with E-state index in [9.17, 15) is 4.39 Å². The van der Waals surface area contributed by atoms with Crippen molar-refractivity contribution < 1.29 is 4.39 Å². The fourth-order valence-electron chi connectivity index (χ4n) is 1.68. The number of rotatable bonds is 3. The van der Waals surface area contributed by atoms with Gasteiger partial charge in [-0.15, -0.1) is 5.10 Å². The summed E-state index contributed by atoms with van der Waals surface area (Å²) in [6.45, 7) is 6.20. The third-order valence-corrected chi connectivity index (χ3v) is 2.84. The number of hydrogen-bond donors (Lipinski definition) is 1. The van der Waals surface area contributed by atoms with Gasteiger partial charge < -0.3 is 5.73 Å². The Morgan fingerprint density at radius 1 is 1.39 bits per heavy atom. The lowest BCUT2D eigenvalue weighted by Crippen LogP contribution is -2.29. The lowest BCUT2D eigenvalue weighted by molar-refractivity contribution is 0.533. The summed E-state index contributed by atoms with van der Waals surface area (Å²) in [7, 11) is 0. The molecule has 1 aromatic heterocycles. The summed E-state index contributed by atoms with van der Waals surface area (Å²) in [6.07, 6.45) is 1.82. The molecule has 0 unspecified atom stereocenters. The van der Waals surface area contributed by atoms with Gasteiger partial charge in [0.1, 0.15) is 11.5 Å². The Morgan fingerprint density at radius 3 is 2.67 bits per heavy atom. The normalized spacial score (nSPS) is 11.8. The summed E-state index contributed by atoms with van der Waals surface area (Å²) in [5, 5.41) is 8.08. The lowest BCUT2D eigenvalue weighted by Gasteiger charge is -2.13. The molecule has 0 fully saturated rings. The highest BCUT2D eigenvalue weighted by molar-refractivity contribution is 5.26. The van der Waals surface area contributed by atoms with E-state index < -0.39 is 5.54 Å². The first-order valence-corrected chi connectivity index (χ1v) is 5.81. The van der Waals surface area contributed by atoms with Gasteiger partial charge in [0, 0.05) is 0 Å². The van der Waals surface area contributed by atoms with Crippen LogP contribution < -0.4 is 5.73 Å². The van der Waals surface area contributed by atoms with Gasteiger partial charge in [-0.05, 0) is 44.0 Å². The van der Waals surface area contributed by atoms with Crippen LogP contribution in [0, 0.1) is 12.7 Å². The number of aryl methyl sites for hydroxylation is 1. The molecule has 0 amide bonds. The molecule has 0 spiro atoms. The molecule has 0 aliphatic rings. The second-order valence-corrected chi connectivity index (χ2v) is 5.09. The number of nitrogens with zero attached hydrogens (tertiary/aromatic N) is 3. The molecular weight excluding hydrogens is 231 g/mol. The molecule has 0 radical (unpaired) electrons. The van der Waals surface area contributed by atoms with E-state index in [1.807, 2.05) is 27.0 Å². The number of hydrogen-bond acceptors (Lipinski definition) is 3. The monoisotopic (exact) mass is 248 g/mol. The maximum absolute atomic E-state index is 13.0. The third-order valence-electron chi connectivity index (χ3n) is 2.84. The van der Waals surface area contributed by atoms with Crippen LogP contribution in [0.15, 0.2) is 24.4 Å². The van der Waals surface area contributed by atoms with Crippen LogP contribution in [0.5, 0.6) is 0 Å². The Hall–Kier alpha value is -1.75. The van der Waals surface area contributed by atoms with Gasteiger partial charge in [-0.1, -0.05) is 11.3 Å². The van der Waals surface area contributed by atoms with E-state index in [4.69, 9.17) is 5.73 Å². The highest BCUT2D eigenvalue weighted by Crippen LogP contribution is 2.15. The standard InChI is InChI=1S/C13H17FN4/c1-9-6-11(14)5-4-10(9)7-18-8-12(16-17-18)13(2,3)15/h4-6,8H,7,15H2,1-3H3. The van der Waals surface area contributed by atoms with Crippen LogP contribution in [0.1, 0.15) is 30.7 Å². The molecular formula is C13H17FN4. The Morgan fingerprint density at radius 2 is 2.11 bits per heavy atom. The van der Waals surface area contributed by atoms with Crippen molar-refractivity contribution in [3.05, 3.63) is 47.0 Å². The molecule has 0 aliphatic heterocycles. The molecule has 2 aromatic rings. The Labute approximate surface area is 106 Å². The molecule has 2 N–H and O–H groups in total. The molecule has 1 heterocycles. The quantitative estimate of drug-likeness (QED) is 0.903. The first kappa shape index (κ1) is 12.7. The minimum Gasteiger partial charge on any atom is -0.320 e. The number of nitrogens with two attached hydrogens (primary N) is 1. The Balaban J connectivity index is 2.21. The molecule has 2 rings (SSSR count). The van der Waals surface area contributed by atoms with Crippen LogP contribution in [0.2, 0.25) is 0 Å². The number of halogens is 1. The van der Waals surface area contributed by atoms with Gasteiger partial charge in [0.15, 0.2) is 0 Å². The molecule has 0 saturated carbocycles. The second kappa shape index (κ2) is 4.49. The minimum absolute atomic E-state index is 0.223. The van der Waals surface area contributed by atoms with Crippen molar-refractivity contribution in [2.24, 2.45) is 5.73 Å². The van der Waals surface area contributed by atoms with E-state index in [2.05, 4.69) is 10.3 Å². The minimum atomic E-state index is -0.504. The Bertz CT molecular complexity index is 554. The largest absolute Gasteiger partial charge is 0.320 e. The average Bonchev–Trinajstić information content (AvgIpc) is 2.70. The smallest absolute Gasteiger partial charge is 0.123 e. The van der Waals surface area contributed by atoms with Gasteiger partial charge in [0.2, 0.25) is 0 Å². The first-order valence-electron chi connectivity index (χ1n) is 5.81. The summed E-state index contributed by atoms with van der Waals surface area (Å²) >= 11 is 0. The highest BCUT2D eigenvalue weighted by atomic mass is 19.1. The molecule has 0 atom stereocenters. The van der Waals surface area contributed by atoms with Gasteiger partial charge in [-0.25, -0.2) is 9.07 Å². The lowest BCUT2D eigenvalue weighted by atomic mass is 10.0. The van der Waals surface area contributed by atoms with E-state index in [0.29, 0.717) is 6.54 Å². The molecule has 0 saturated heterocycles. The van der Waals surface area contributed by atoms with Crippen molar-refractivity contribution in [2.75, 3.05) is 0 Å². The Kier molecular flexibility index (Phi) is 3.17. The third kappa shape index (κ3) is 2.73. The zero-order valence-corrected chi connectivity index (χ0v) is 10.8. The molecule has 96 valence electrons. The number of aromatic nitrogens is 3. The fraction of sp³-hybridized carbons (Fsp3) is 0.385. The summed E-state index contributed by atoms with van der Waals surface area (Å²) < 4.78 is 14.7. The van der Waals surface area contributed by atoms with E-state index in [1.54, 1.807) is 10.7 Å². The molecule has 1 aromatic carbocycles. The first-order chi connectivity index (χ1) is 8.36. The predicted octanol–water partition coefficient (Wildman–Crippen LogP) is 1.97. The summed E-state index contributed by atoms with van der Waals surface area (Å²) in [5.74, 6) is -0.223. The van der Waals surface area contributed by atoms with Crippen molar-refractivity contribution in [3.8, 4) is 0 Å². The topological polar surface area (TPSA) is 56.7 Å². The van der Waals surface area contributed by atoms with Gasteiger partial charge in [0.25, 0.3) is 0 Å². The summed E-state index contributed by atoms with van der Waals surface area (Å²) in [4.78, 5) is 0. The van der Waals surface area contributed by atoms with Crippen LogP contribution in [-0.4, -0.2) is 15.0 Å². The molecule has 0 aliphatic carbocycles. The van der Waals surface area contributed by atoms with E-state index in [1.165, 1.54) is 12.1 Å². The average molecular weight is 248 g/mol. The van der Waals surface area contributed by atoms with Gasteiger partial charge in [-0.3, -0.25) is 0 Å². The van der Waals surface area contributed by atoms with Gasteiger partial charge >= 0.3 is 0 Å². The van der Waals surface area contributed by atoms with Crippen molar-refractivity contribution in [1.29, 1.82) is 0 Å². The highest BCUT2D eigenvalue weighted by Gasteiger charge is 2.18. The number of benzene rings is 1. The van der Waals surface area contributed by atoms with E-state index in [-0.39, 0.29) is 5.82 Å². The fourth-order valence-corrected chi connectivity index (χ4v) is 1.68. The predicted molar refractivity (Wildman–Crippen MR) is 67.5 cm³/mol. The van der Waals surface area contributed by atoms with Crippen molar-refractivity contribution in [3.63, 3.8) is 0 Å². The summed E-state index contributed by atoms with van der Waals surface area (Å²) in [6, 6.07) is 4.73. The van der Waals surface area contributed by atoms with Crippen molar-refractivity contribution in [2.45, 2.75) is 32.9 Å². The van der Waals surface area contributed by atoms with Crippen molar-refractivity contribution >= 4 is 0 Å². The second-order valence-electron chi connectivity index (χ2n) is 5.09. The molecule has 4 nitrogen and oxygen atoms in total. The van der Waals surface area contributed by atoms with Crippen LogP contribution in [0.4, 0.5) is 4.39 Å². The van der Waals surface area contributed by atoms with Crippen LogP contribution in [0.25, 0.3) is 0 Å². The molecule has 18 heavy (non-hydrogen) atoms. The van der Waals surface area contributed by atoms with E-state index in [0.717, 1.165) is 16.8 Å². The van der Waals surface area contributed by atoms with Crippen molar-refractivity contribution in [1.82, 2.24) is 15.0 Å². The molecule has 0 bridgehead atoms. The molecule has 5 heteroatoms. The maximum atomic E-state index is 13.0. The maximum Gasteiger partial charge on any atom is 0.123 e.